The van der Waals surface area contributed by atoms with Gasteiger partial charge in [-0.3, -0.25) is 4.79 Å². The normalized spacial score (nSPS) is 11.1. The summed E-state index contributed by atoms with van der Waals surface area (Å²) in [6.45, 7) is 1.43. The average molecular weight is 305 g/mol. The number of ether oxygens (including phenoxy) is 1. The Kier molecular flexibility index (Phi) is 3.99. The molecule has 0 radical (unpaired) electrons. The van der Waals surface area contributed by atoms with Crippen molar-refractivity contribution >= 4 is 21.3 Å². The number of carbonyl (C=O) groups is 1. The highest BCUT2D eigenvalue weighted by molar-refractivity contribution is 7.90. The molecule has 2 aromatic carbocycles. The first-order valence-corrected chi connectivity index (χ1v) is 8.05. The van der Waals surface area contributed by atoms with E-state index in [0.717, 1.165) is 6.26 Å². The molecular formula is C15H15NO4S. The van der Waals surface area contributed by atoms with Crippen LogP contribution in [0.15, 0.2) is 47.4 Å². The summed E-state index contributed by atoms with van der Waals surface area (Å²) < 4.78 is 28.3. The first kappa shape index (κ1) is 15.1. The minimum atomic E-state index is -3.23. The molecular weight excluding hydrogens is 290 g/mol. The Morgan fingerprint density at radius 3 is 2.14 bits per heavy atom. The fourth-order valence-corrected chi connectivity index (χ4v) is 2.43. The summed E-state index contributed by atoms with van der Waals surface area (Å²) >= 11 is 0. The monoisotopic (exact) mass is 305 g/mol. The molecule has 0 atom stereocenters. The van der Waals surface area contributed by atoms with Crippen LogP contribution in [0.3, 0.4) is 0 Å². The highest BCUT2D eigenvalue weighted by Crippen LogP contribution is 2.26. The van der Waals surface area contributed by atoms with Gasteiger partial charge in [-0.05, 0) is 49.4 Å². The predicted octanol–water partition coefficient (Wildman–Crippen LogP) is 2.67. The lowest BCUT2D eigenvalue weighted by atomic mass is 10.1. The smallest absolute Gasteiger partial charge is 0.175 e. The lowest BCUT2D eigenvalue weighted by Gasteiger charge is -2.09. The molecule has 2 rings (SSSR count). The number of sulfone groups is 1. The van der Waals surface area contributed by atoms with E-state index in [1.807, 2.05) is 0 Å². The summed E-state index contributed by atoms with van der Waals surface area (Å²) in [6.07, 6.45) is 1.14. The van der Waals surface area contributed by atoms with Crippen molar-refractivity contribution in [2.75, 3.05) is 12.0 Å². The van der Waals surface area contributed by atoms with E-state index in [2.05, 4.69) is 0 Å². The number of hydrogen-bond acceptors (Lipinski definition) is 5. The van der Waals surface area contributed by atoms with E-state index >= 15 is 0 Å². The number of benzene rings is 2. The maximum Gasteiger partial charge on any atom is 0.175 e. The Hall–Kier alpha value is -2.34. The number of carbonyl (C=O) groups excluding carboxylic acids is 1. The van der Waals surface area contributed by atoms with Gasteiger partial charge in [-0.15, -0.1) is 0 Å². The van der Waals surface area contributed by atoms with Gasteiger partial charge < -0.3 is 10.5 Å². The van der Waals surface area contributed by atoms with E-state index in [4.69, 9.17) is 10.5 Å². The fourth-order valence-electron chi connectivity index (χ4n) is 1.79. The fraction of sp³-hybridized carbons (Fsp3) is 0.133. The molecule has 0 aromatic heterocycles. The largest absolute Gasteiger partial charge is 0.457 e. The maximum absolute atomic E-state index is 11.4. The van der Waals surface area contributed by atoms with Crippen LogP contribution in [0.4, 0.5) is 5.69 Å². The Labute approximate surface area is 123 Å². The molecule has 21 heavy (non-hydrogen) atoms. The Morgan fingerprint density at radius 2 is 1.62 bits per heavy atom. The molecule has 0 saturated heterocycles. The van der Waals surface area contributed by atoms with Crippen LogP contribution in [-0.2, 0) is 9.84 Å². The highest BCUT2D eigenvalue weighted by Gasteiger charge is 2.09. The zero-order valence-electron chi connectivity index (χ0n) is 11.7. The van der Waals surface area contributed by atoms with Gasteiger partial charge >= 0.3 is 0 Å². The molecule has 110 valence electrons. The van der Waals surface area contributed by atoms with Gasteiger partial charge in [0.25, 0.3) is 0 Å². The van der Waals surface area contributed by atoms with Gasteiger partial charge in [0.05, 0.1) is 4.90 Å². The number of Topliss-reactive ketones (excluding diaryl/α,β-unsaturated/α-hetero) is 1. The molecule has 0 aliphatic heterocycles. The number of nitrogen functional groups attached to an aromatic ring is 1. The number of hydrogen-bond donors (Lipinski definition) is 1. The first-order valence-electron chi connectivity index (χ1n) is 6.16. The van der Waals surface area contributed by atoms with E-state index in [1.54, 1.807) is 30.3 Å². The van der Waals surface area contributed by atoms with Crippen molar-refractivity contribution in [3.05, 3.63) is 48.0 Å². The van der Waals surface area contributed by atoms with Crippen molar-refractivity contribution in [1.29, 1.82) is 0 Å². The second-order valence-electron chi connectivity index (χ2n) is 4.65. The lowest BCUT2D eigenvalue weighted by molar-refractivity contribution is 0.101. The minimum absolute atomic E-state index is 0.148. The highest BCUT2D eigenvalue weighted by atomic mass is 32.2. The van der Waals surface area contributed by atoms with Crippen LogP contribution in [0, 0.1) is 0 Å². The van der Waals surface area contributed by atoms with Crippen molar-refractivity contribution in [2.45, 2.75) is 11.8 Å². The van der Waals surface area contributed by atoms with Crippen LogP contribution in [0.2, 0.25) is 0 Å². The minimum Gasteiger partial charge on any atom is -0.457 e. The number of anilines is 1. The van der Waals surface area contributed by atoms with Gasteiger partial charge in [-0.25, -0.2) is 8.42 Å². The predicted molar refractivity (Wildman–Crippen MR) is 80.5 cm³/mol. The molecule has 2 N–H and O–H groups in total. The van der Waals surface area contributed by atoms with Gasteiger partial charge in [0.1, 0.15) is 11.5 Å². The van der Waals surface area contributed by atoms with E-state index in [9.17, 15) is 13.2 Å². The van der Waals surface area contributed by atoms with Crippen molar-refractivity contribution in [2.24, 2.45) is 0 Å². The third kappa shape index (κ3) is 3.61. The Balaban J connectivity index is 2.26. The topological polar surface area (TPSA) is 86.5 Å². The average Bonchev–Trinajstić information content (AvgIpc) is 2.40. The van der Waals surface area contributed by atoms with Gasteiger partial charge in [-0.1, -0.05) is 0 Å². The number of ketones is 1. The van der Waals surface area contributed by atoms with Crippen LogP contribution in [-0.4, -0.2) is 20.5 Å². The van der Waals surface area contributed by atoms with Crippen molar-refractivity contribution in [3.63, 3.8) is 0 Å². The van der Waals surface area contributed by atoms with Gasteiger partial charge in [0.2, 0.25) is 0 Å². The second-order valence-corrected chi connectivity index (χ2v) is 6.67. The van der Waals surface area contributed by atoms with Crippen LogP contribution in [0.5, 0.6) is 11.5 Å². The summed E-state index contributed by atoms with van der Waals surface area (Å²) in [5.74, 6) is 0.786. The summed E-state index contributed by atoms with van der Waals surface area (Å²) in [7, 11) is -3.23. The summed E-state index contributed by atoms with van der Waals surface area (Å²) in [6, 6.07) is 10.8. The molecule has 0 aliphatic carbocycles. The van der Waals surface area contributed by atoms with E-state index in [1.165, 1.54) is 19.1 Å². The molecule has 0 aliphatic rings. The quantitative estimate of drug-likeness (QED) is 0.693. The van der Waals surface area contributed by atoms with Gasteiger partial charge in [0.15, 0.2) is 15.6 Å². The molecule has 0 heterocycles. The van der Waals surface area contributed by atoms with E-state index in [-0.39, 0.29) is 10.7 Å². The van der Waals surface area contributed by atoms with Gasteiger partial charge in [-0.2, -0.15) is 0 Å². The van der Waals surface area contributed by atoms with Crippen LogP contribution < -0.4 is 10.5 Å². The molecule has 6 heteroatoms. The summed E-state index contributed by atoms with van der Waals surface area (Å²) in [4.78, 5) is 11.6. The molecule has 0 fully saturated rings. The zero-order valence-corrected chi connectivity index (χ0v) is 12.5. The number of rotatable bonds is 4. The SMILES string of the molecule is CC(=O)c1cc(Oc2ccc(S(C)(=O)=O)cc2)ccc1N. The maximum atomic E-state index is 11.4. The molecule has 5 nitrogen and oxygen atoms in total. The van der Waals surface area contributed by atoms with E-state index in [0.29, 0.717) is 22.7 Å². The molecule has 0 saturated carbocycles. The lowest BCUT2D eigenvalue weighted by Crippen LogP contribution is -2.00. The van der Waals surface area contributed by atoms with Crippen LogP contribution in [0.25, 0.3) is 0 Å². The third-order valence-electron chi connectivity index (χ3n) is 2.89. The van der Waals surface area contributed by atoms with Gasteiger partial charge in [0, 0.05) is 17.5 Å². The molecule has 2 aromatic rings. The van der Waals surface area contributed by atoms with Crippen molar-refractivity contribution in [3.8, 4) is 11.5 Å². The standard InChI is InChI=1S/C15H15NO4S/c1-10(17)14-9-12(5-8-15(14)16)20-11-3-6-13(7-4-11)21(2,18)19/h3-9H,16H2,1-2H3. The van der Waals surface area contributed by atoms with Crippen LogP contribution >= 0.6 is 0 Å². The third-order valence-corrected chi connectivity index (χ3v) is 4.02. The zero-order chi connectivity index (χ0) is 15.6. The molecule has 0 amide bonds. The van der Waals surface area contributed by atoms with Crippen molar-refractivity contribution in [1.82, 2.24) is 0 Å². The molecule has 0 bridgehead atoms. The summed E-state index contributed by atoms with van der Waals surface area (Å²) in [5.41, 5.74) is 6.49. The summed E-state index contributed by atoms with van der Waals surface area (Å²) in [5, 5.41) is 0. The molecule has 0 unspecified atom stereocenters. The Morgan fingerprint density at radius 1 is 1.05 bits per heavy atom. The first-order chi connectivity index (χ1) is 9.77. The Bertz CT molecular complexity index is 780. The van der Waals surface area contributed by atoms with Crippen molar-refractivity contribution < 1.29 is 17.9 Å². The van der Waals surface area contributed by atoms with Crippen LogP contribution in [0.1, 0.15) is 17.3 Å². The number of nitrogens with two attached hydrogens (primary N) is 1. The second kappa shape index (κ2) is 5.57. The van der Waals surface area contributed by atoms with E-state index < -0.39 is 9.84 Å². The molecule has 0 spiro atoms.